The number of hydrogen-bond donors (Lipinski definition) is 1. The van der Waals surface area contributed by atoms with Crippen LogP contribution in [0, 0.1) is 5.82 Å². The van der Waals surface area contributed by atoms with Gasteiger partial charge in [0.25, 0.3) is 0 Å². The monoisotopic (exact) mass is 377 g/mol. The molecule has 0 saturated heterocycles. The molecule has 1 aromatic carbocycles. The molecule has 1 heterocycles. The van der Waals surface area contributed by atoms with Gasteiger partial charge in [-0.15, -0.1) is 11.3 Å². The van der Waals surface area contributed by atoms with E-state index in [0.29, 0.717) is 24.0 Å². The molecule has 8 heteroatoms. The molecule has 2 amide bonds. The smallest absolute Gasteiger partial charge is 0.244 e. The van der Waals surface area contributed by atoms with Crippen molar-refractivity contribution in [3.8, 4) is 0 Å². The number of ether oxygens (including phenoxy) is 1. The van der Waals surface area contributed by atoms with Crippen molar-refractivity contribution in [2.75, 3.05) is 25.2 Å². The Labute approximate surface area is 155 Å². The van der Waals surface area contributed by atoms with Crippen LogP contribution in [0.3, 0.4) is 0 Å². The molecule has 138 valence electrons. The number of carbonyl (C=O) groups is 2. The van der Waals surface area contributed by atoms with E-state index in [9.17, 15) is 14.0 Å². The maximum atomic E-state index is 14.0. The van der Waals surface area contributed by atoms with Crippen LogP contribution in [0.4, 0.5) is 15.2 Å². The lowest BCUT2D eigenvalue weighted by Crippen LogP contribution is -2.23. The highest BCUT2D eigenvalue weighted by Gasteiger charge is 2.20. The predicted octanol–water partition coefficient (Wildman–Crippen LogP) is 3.13. The van der Waals surface area contributed by atoms with E-state index in [1.54, 1.807) is 30.7 Å². The number of aromatic nitrogens is 1. The van der Waals surface area contributed by atoms with E-state index in [2.05, 4.69) is 10.3 Å². The molecular weight excluding hydrogens is 357 g/mol. The van der Waals surface area contributed by atoms with Gasteiger partial charge in [0.2, 0.25) is 11.8 Å². The van der Waals surface area contributed by atoms with Gasteiger partial charge in [-0.1, -0.05) is 12.1 Å². The number of benzene rings is 1. The number of nitrogens with one attached hydrogen (secondary N) is 1. The van der Waals surface area contributed by atoms with E-state index in [0.717, 1.165) is 6.42 Å². The van der Waals surface area contributed by atoms with Crippen molar-refractivity contribution < 1.29 is 18.7 Å². The van der Waals surface area contributed by atoms with E-state index in [1.807, 2.05) is 0 Å². The lowest BCUT2D eigenvalue weighted by molar-refractivity contribution is -0.117. The van der Waals surface area contributed by atoms with E-state index in [4.69, 9.17) is 4.74 Å². The summed E-state index contributed by atoms with van der Waals surface area (Å²) < 4.78 is 18.9. The van der Waals surface area contributed by atoms with E-state index >= 15 is 0 Å². The second-order valence-corrected chi connectivity index (χ2v) is 6.17. The van der Waals surface area contributed by atoms with E-state index in [-0.39, 0.29) is 17.5 Å². The third-order valence-electron chi connectivity index (χ3n) is 3.34. The molecule has 0 fully saturated rings. The van der Waals surface area contributed by atoms with Crippen LogP contribution in [0.15, 0.2) is 35.7 Å². The van der Waals surface area contributed by atoms with Gasteiger partial charge in [-0.2, -0.15) is 0 Å². The van der Waals surface area contributed by atoms with Gasteiger partial charge in [0.05, 0.1) is 11.4 Å². The van der Waals surface area contributed by atoms with Crippen molar-refractivity contribution in [3.05, 3.63) is 47.2 Å². The lowest BCUT2D eigenvalue weighted by Gasteiger charge is -2.18. The average Bonchev–Trinajstić information content (AvgIpc) is 3.07. The third-order valence-corrected chi connectivity index (χ3v) is 4.18. The summed E-state index contributed by atoms with van der Waals surface area (Å²) >= 11 is 1.19. The fourth-order valence-corrected chi connectivity index (χ4v) is 2.99. The van der Waals surface area contributed by atoms with E-state index < -0.39 is 5.82 Å². The summed E-state index contributed by atoms with van der Waals surface area (Å²) in [7, 11) is 1.60. The maximum absolute atomic E-state index is 14.0. The molecule has 0 atom stereocenters. The summed E-state index contributed by atoms with van der Waals surface area (Å²) in [5, 5.41) is 4.76. The molecule has 0 aliphatic rings. The van der Waals surface area contributed by atoms with Crippen LogP contribution in [0.5, 0.6) is 0 Å². The Morgan fingerprint density at radius 1 is 1.38 bits per heavy atom. The van der Waals surface area contributed by atoms with Crippen molar-refractivity contribution >= 4 is 40.0 Å². The fourth-order valence-electron chi connectivity index (χ4n) is 2.14. The third kappa shape index (κ3) is 5.47. The molecule has 0 aliphatic carbocycles. The summed E-state index contributed by atoms with van der Waals surface area (Å²) in [5.74, 6) is -1.10. The van der Waals surface area contributed by atoms with Crippen molar-refractivity contribution in [1.29, 1.82) is 0 Å². The first-order valence-electron chi connectivity index (χ1n) is 7.98. The molecule has 0 saturated carbocycles. The fraction of sp³-hybridized carbons (Fsp3) is 0.278. The van der Waals surface area contributed by atoms with Gasteiger partial charge < -0.3 is 10.1 Å². The lowest BCUT2D eigenvalue weighted by atomic mass is 10.3. The molecule has 2 aromatic rings. The zero-order chi connectivity index (χ0) is 18.9. The van der Waals surface area contributed by atoms with Gasteiger partial charge in [0, 0.05) is 38.6 Å². The molecule has 0 spiro atoms. The number of rotatable bonds is 8. The van der Waals surface area contributed by atoms with Gasteiger partial charge in [0.1, 0.15) is 5.82 Å². The Hall–Kier alpha value is -2.58. The van der Waals surface area contributed by atoms with Crippen LogP contribution in [0.2, 0.25) is 0 Å². The van der Waals surface area contributed by atoms with Crippen LogP contribution in [0.25, 0.3) is 6.08 Å². The number of halogens is 1. The molecule has 6 nitrogen and oxygen atoms in total. The summed E-state index contributed by atoms with van der Waals surface area (Å²) in [5.41, 5.74) is 0.653. The van der Waals surface area contributed by atoms with Crippen molar-refractivity contribution in [1.82, 2.24) is 10.3 Å². The van der Waals surface area contributed by atoms with Crippen molar-refractivity contribution in [2.24, 2.45) is 0 Å². The molecule has 1 aromatic heterocycles. The largest absolute Gasteiger partial charge is 0.385 e. The standard InChI is InChI=1S/C18H20FN3O3S/c1-13(23)22(16-7-4-3-6-15(16)19)18-21-14(12-26-18)8-9-17(24)20-10-5-11-25-2/h3-4,6-9,12H,5,10-11H2,1-2H3,(H,20,24)/b9-8+. The Balaban J connectivity index is 2.07. The number of anilines is 2. The van der Waals surface area contributed by atoms with Gasteiger partial charge >= 0.3 is 0 Å². The van der Waals surface area contributed by atoms with Crippen molar-refractivity contribution in [3.63, 3.8) is 0 Å². The molecule has 0 aliphatic heterocycles. The second-order valence-electron chi connectivity index (χ2n) is 5.33. The summed E-state index contributed by atoms with van der Waals surface area (Å²) in [4.78, 5) is 29.2. The van der Waals surface area contributed by atoms with Crippen molar-refractivity contribution in [2.45, 2.75) is 13.3 Å². The first-order chi connectivity index (χ1) is 12.5. The van der Waals surface area contributed by atoms with Crippen LogP contribution in [0.1, 0.15) is 19.0 Å². The Morgan fingerprint density at radius 3 is 2.85 bits per heavy atom. The zero-order valence-corrected chi connectivity index (χ0v) is 15.4. The molecule has 0 unspecified atom stereocenters. The second kappa shape index (κ2) is 9.79. The zero-order valence-electron chi connectivity index (χ0n) is 14.6. The minimum atomic E-state index is -0.509. The highest BCUT2D eigenvalue weighted by molar-refractivity contribution is 7.14. The van der Waals surface area contributed by atoms with Gasteiger partial charge in [-0.05, 0) is 24.6 Å². The average molecular weight is 377 g/mol. The minimum absolute atomic E-state index is 0.140. The molecule has 0 radical (unpaired) electrons. The quantitative estimate of drug-likeness (QED) is 0.567. The summed E-state index contributed by atoms with van der Waals surface area (Å²) in [6.45, 7) is 2.44. The van der Waals surface area contributed by atoms with Crippen LogP contribution in [-0.4, -0.2) is 37.1 Å². The van der Waals surface area contributed by atoms with Gasteiger partial charge in [0.15, 0.2) is 5.13 Å². The summed E-state index contributed by atoms with van der Waals surface area (Å²) in [6.07, 6.45) is 3.64. The minimum Gasteiger partial charge on any atom is -0.385 e. The Bertz CT molecular complexity index is 791. The Kier molecular flexibility index (Phi) is 7.43. The number of hydrogen-bond acceptors (Lipinski definition) is 5. The van der Waals surface area contributed by atoms with Crippen LogP contribution < -0.4 is 10.2 Å². The van der Waals surface area contributed by atoms with Gasteiger partial charge in [-0.25, -0.2) is 9.37 Å². The topological polar surface area (TPSA) is 71.5 Å². The molecular formula is C18H20FN3O3S. The molecule has 26 heavy (non-hydrogen) atoms. The highest BCUT2D eigenvalue weighted by atomic mass is 32.1. The first-order valence-corrected chi connectivity index (χ1v) is 8.86. The molecule has 0 bridgehead atoms. The molecule has 2 rings (SSSR count). The molecule has 1 N–H and O–H groups in total. The van der Waals surface area contributed by atoms with Crippen LogP contribution >= 0.6 is 11.3 Å². The van der Waals surface area contributed by atoms with E-state index in [1.165, 1.54) is 41.4 Å². The Morgan fingerprint density at radius 2 is 2.15 bits per heavy atom. The first kappa shape index (κ1) is 19.7. The number of thiazole rings is 1. The van der Waals surface area contributed by atoms with Crippen LogP contribution in [-0.2, 0) is 14.3 Å². The summed E-state index contributed by atoms with van der Waals surface area (Å²) in [6, 6.07) is 6.00. The number of carbonyl (C=O) groups excluding carboxylic acids is 2. The SMILES string of the molecule is COCCCNC(=O)/C=C/c1csc(N(C(C)=O)c2ccccc2F)n1. The number of nitrogens with zero attached hydrogens (tertiary/aromatic N) is 2. The highest BCUT2D eigenvalue weighted by Crippen LogP contribution is 2.30. The predicted molar refractivity (Wildman–Crippen MR) is 99.9 cm³/mol. The normalized spacial score (nSPS) is 10.9. The number of para-hydroxylation sites is 1. The number of amides is 2. The maximum Gasteiger partial charge on any atom is 0.244 e. The van der Waals surface area contributed by atoms with Gasteiger partial charge in [-0.3, -0.25) is 14.5 Å². The number of methoxy groups -OCH3 is 1.